The molecule has 0 heterocycles. The molecule has 1 amide bonds. The number of hydrazone groups is 1. The van der Waals surface area contributed by atoms with Crippen LogP contribution in [0.5, 0.6) is 0 Å². The highest BCUT2D eigenvalue weighted by Crippen LogP contribution is 2.65. The number of hydrogen-bond donors (Lipinski definition) is 1. The maximum absolute atomic E-state index is 12.1. The van der Waals surface area contributed by atoms with Gasteiger partial charge in [-0.05, 0) is 36.7 Å². The molecule has 1 atom stereocenters. The Bertz CT molecular complexity index is 517. The van der Waals surface area contributed by atoms with E-state index in [4.69, 9.17) is 0 Å². The molecule has 2 aliphatic rings. The second-order valence-electron chi connectivity index (χ2n) is 6.12. The molecule has 1 N–H and O–H groups in total. The largest absolute Gasteiger partial charge is 0.273 e. The van der Waals surface area contributed by atoms with Gasteiger partial charge in [0.05, 0.1) is 5.71 Å². The quantitative estimate of drug-likeness (QED) is 0.645. The van der Waals surface area contributed by atoms with E-state index in [1.165, 1.54) is 19.3 Å². The minimum atomic E-state index is 0.120. The van der Waals surface area contributed by atoms with Crippen LogP contribution in [0.1, 0.15) is 51.0 Å². The summed E-state index contributed by atoms with van der Waals surface area (Å²) in [5.74, 6) is 0.341. The van der Waals surface area contributed by atoms with Gasteiger partial charge in [0.1, 0.15) is 0 Å². The van der Waals surface area contributed by atoms with Crippen molar-refractivity contribution in [1.29, 1.82) is 0 Å². The number of nitrogens with zero attached hydrogens (tertiary/aromatic N) is 1. The standard InChI is InChI=1S/C17H22N2O/c1-2-7-15(13-8-4-3-5-9-13)18-19-16(20)14-12-17(14)10-6-11-17/h3-5,8-9,14H,2,6-7,10-12H2,1H3,(H,19,20). The van der Waals surface area contributed by atoms with Crippen LogP contribution in [0.25, 0.3) is 0 Å². The molecule has 3 nitrogen and oxygen atoms in total. The maximum atomic E-state index is 12.1. The molecule has 1 aromatic carbocycles. The lowest BCUT2D eigenvalue weighted by Crippen LogP contribution is -2.27. The minimum absolute atomic E-state index is 0.120. The van der Waals surface area contributed by atoms with Gasteiger partial charge in [0.25, 0.3) is 0 Å². The van der Waals surface area contributed by atoms with E-state index in [1.54, 1.807) is 0 Å². The molecule has 0 aliphatic heterocycles. The van der Waals surface area contributed by atoms with E-state index in [9.17, 15) is 4.79 Å². The summed E-state index contributed by atoms with van der Waals surface area (Å²) in [4.78, 5) is 12.1. The molecule has 2 saturated carbocycles. The van der Waals surface area contributed by atoms with Crippen LogP contribution >= 0.6 is 0 Å². The smallest absolute Gasteiger partial charge is 0.243 e. The van der Waals surface area contributed by atoms with E-state index in [1.807, 2.05) is 30.3 Å². The number of benzene rings is 1. The van der Waals surface area contributed by atoms with Crippen LogP contribution in [0.3, 0.4) is 0 Å². The van der Waals surface area contributed by atoms with Crippen molar-refractivity contribution in [3.05, 3.63) is 35.9 Å². The van der Waals surface area contributed by atoms with Crippen LogP contribution in [-0.4, -0.2) is 11.6 Å². The maximum Gasteiger partial charge on any atom is 0.243 e. The van der Waals surface area contributed by atoms with Crippen molar-refractivity contribution >= 4 is 11.6 Å². The number of amides is 1. The first kappa shape index (κ1) is 13.3. The van der Waals surface area contributed by atoms with Gasteiger partial charge in [-0.15, -0.1) is 0 Å². The monoisotopic (exact) mass is 270 g/mol. The number of nitrogens with one attached hydrogen (secondary N) is 1. The zero-order chi connectivity index (χ0) is 14.0. The lowest BCUT2D eigenvalue weighted by Gasteiger charge is -2.25. The van der Waals surface area contributed by atoms with Gasteiger partial charge < -0.3 is 0 Å². The summed E-state index contributed by atoms with van der Waals surface area (Å²) in [5, 5.41) is 4.39. The summed E-state index contributed by atoms with van der Waals surface area (Å²) >= 11 is 0. The molecule has 106 valence electrons. The zero-order valence-electron chi connectivity index (χ0n) is 12.1. The fourth-order valence-electron chi connectivity index (χ4n) is 3.23. The molecular weight excluding hydrogens is 248 g/mol. The molecule has 1 spiro atoms. The average molecular weight is 270 g/mol. The average Bonchev–Trinajstić information content (AvgIpc) is 3.20. The molecule has 1 unspecified atom stereocenters. The van der Waals surface area contributed by atoms with Gasteiger partial charge in [0, 0.05) is 5.92 Å². The van der Waals surface area contributed by atoms with Crippen molar-refractivity contribution in [2.24, 2.45) is 16.4 Å². The van der Waals surface area contributed by atoms with Crippen molar-refractivity contribution in [3.63, 3.8) is 0 Å². The Balaban J connectivity index is 1.64. The van der Waals surface area contributed by atoms with Gasteiger partial charge in [-0.3, -0.25) is 4.79 Å². The molecule has 0 radical (unpaired) electrons. The second-order valence-corrected chi connectivity index (χ2v) is 6.12. The van der Waals surface area contributed by atoms with Gasteiger partial charge in [0.2, 0.25) is 5.91 Å². The van der Waals surface area contributed by atoms with Crippen LogP contribution in [-0.2, 0) is 4.79 Å². The Morgan fingerprint density at radius 1 is 1.35 bits per heavy atom. The van der Waals surface area contributed by atoms with Gasteiger partial charge in [-0.25, -0.2) is 5.43 Å². The molecular formula is C17H22N2O. The van der Waals surface area contributed by atoms with E-state index >= 15 is 0 Å². The van der Waals surface area contributed by atoms with Gasteiger partial charge in [-0.1, -0.05) is 50.1 Å². The minimum Gasteiger partial charge on any atom is -0.273 e. The van der Waals surface area contributed by atoms with Crippen molar-refractivity contribution in [2.45, 2.75) is 45.4 Å². The summed E-state index contributed by atoms with van der Waals surface area (Å²) in [5.41, 5.74) is 5.25. The fourth-order valence-corrected chi connectivity index (χ4v) is 3.23. The third kappa shape index (κ3) is 2.49. The lowest BCUT2D eigenvalue weighted by atomic mass is 9.80. The highest BCUT2D eigenvalue weighted by atomic mass is 16.2. The first-order chi connectivity index (χ1) is 9.75. The SMILES string of the molecule is CCCC(=NNC(=O)C1CC12CCC2)c1ccccc1. The lowest BCUT2D eigenvalue weighted by molar-refractivity contribution is -0.123. The molecule has 3 rings (SSSR count). The predicted molar refractivity (Wildman–Crippen MR) is 80.4 cm³/mol. The molecule has 2 fully saturated rings. The fraction of sp³-hybridized carbons (Fsp3) is 0.529. The normalized spacial score (nSPS) is 23.2. The highest BCUT2D eigenvalue weighted by Gasteiger charge is 2.60. The summed E-state index contributed by atoms with van der Waals surface area (Å²) in [6.07, 6.45) is 6.74. The second kappa shape index (κ2) is 5.39. The van der Waals surface area contributed by atoms with Crippen molar-refractivity contribution in [3.8, 4) is 0 Å². The number of carbonyl (C=O) groups is 1. The third-order valence-corrected chi connectivity index (χ3v) is 4.75. The number of hydrogen-bond acceptors (Lipinski definition) is 2. The Hall–Kier alpha value is -1.64. The molecule has 20 heavy (non-hydrogen) atoms. The van der Waals surface area contributed by atoms with Crippen molar-refractivity contribution < 1.29 is 4.79 Å². The summed E-state index contributed by atoms with van der Waals surface area (Å²) in [6.45, 7) is 2.13. The first-order valence-corrected chi connectivity index (χ1v) is 7.67. The van der Waals surface area contributed by atoms with Gasteiger partial charge in [-0.2, -0.15) is 5.10 Å². The molecule has 2 aliphatic carbocycles. The Kier molecular flexibility index (Phi) is 3.60. The van der Waals surface area contributed by atoms with Crippen molar-refractivity contribution in [1.82, 2.24) is 5.43 Å². The van der Waals surface area contributed by atoms with E-state index < -0.39 is 0 Å². The zero-order valence-corrected chi connectivity index (χ0v) is 12.1. The van der Waals surface area contributed by atoms with Crippen LogP contribution in [0.2, 0.25) is 0 Å². The topological polar surface area (TPSA) is 41.5 Å². The Morgan fingerprint density at radius 3 is 2.65 bits per heavy atom. The Morgan fingerprint density at radius 2 is 2.10 bits per heavy atom. The molecule has 1 aromatic rings. The summed E-state index contributed by atoms with van der Waals surface area (Å²) in [7, 11) is 0. The van der Waals surface area contributed by atoms with E-state index in [2.05, 4.69) is 17.5 Å². The molecule has 0 saturated heterocycles. The van der Waals surface area contributed by atoms with Crippen LogP contribution < -0.4 is 5.43 Å². The molecule has 0 bridgehead atoms. The Labute approximate surface area is 120 Å². The van der Waals surface area contributed by atoms with Gasteiger partial charge >= 0.3 is 0 Å². The van der Waals surface area contributed by atoms with Crippen molar-refractivity contribution in [2.75, 3.05) is 0 Å². The van der Waals surface area contributed by atoms with Crippen LogP contribution in [0.4, 0.5) is 0 Å². The summed E-state index contributed by atoms with van der Waals surface area (Å²) < 4.78 is 0. The number of carbonyl (C=O) groups excluding carboxylic acids is 1. The molecule has 3 heteroatoms. The van der Waals surface area contributed by atoms with Crippen LogP contribution in [0.15, 0.2) is 35.4 Å². The first-order valence-electron chi connectivity index (χ1n) is 7.67. The van der Waals surface area contributed by atoms with E-state index in [0.717, 1.165) is 30.5 Å². The number of rotatable bonds is 5. The van der Waals surface area contributed by atoms with E-state index in [0.29, 0.717) is 5.41 Å². The van der Waals surface area contributed by atoms with Crippen LogP contribution in [0, 0.1) is 11.3 Å². The predicted octanol–water partition coefficient (Wildman–Crippen LogP) is 3.50. The third-order valence-electron chi connectivity index (χ3n) is 4.75. The van der Waals surface area contributed by atoms with Gasteiger partial charge in [0.15, 0.2) is 0 Å². The highest BCUT2D eigenvalue weighted by molar-refractivity contribution is 6.01. The molecule has 0 aromatic heterocycles. The summed E-state index contributed by atoms with van der Waals surface area (Å²) in [6, 6.07) is 10.1. The van der Waals surface area contributed by atoms with E-state index in [-0.39, 0.29) is 11.8 Å².